The molecule has 2 fully saturated rings. The molecule has 8 nitrogen and oxygen atoms in total. The lowest BCUT2D eigenvalue weighted by atomic mass is 9.82. The number of nitrogens with one attached hydrogen (secondary N) is 1. The van der Waals surface area contributed by atoms with Crippen LogP contribution >= 0.6 is 12.2 Å². The molecular formula is C26H39N5O3S2. The topological polar surface area (TPSA) is 108 Å². The number of hydrogen-bond acceptors (Lipinski definition) is 5. The summed E-state index contributed by atoms with van der Waals surface area (Å²) >= 11 is 5.07. The van der Waals surface area contributed by atoms with Crippen molar-refractivity contribution in [2.24, 2.45) is 22.6 Å². The van der Waals surface area contributed by atoms with E-state index in [-0.39, 0.29) is 16.8 Å². The van der Waals surface area contributed by atoms with E-state index in [0.29, 0.717) is 38.3 Å². The van der Waals surface area contributed by atoms with E-state index in [1.54, 1.807) is 9.21 Å². The Labute approximate surface area is 220 Å². The SMILES string of the molecule is Cc1cc(N(C)C(N)=S)cc(C)c1CCS(=O)(=O)N1CCC2(CC1)N=C(C1CCC(C)CC1)NC2=O. The second kappa shape index (κ2) is 10.4. The van der Waals surface area contributed by atoms with Crippen LogP contribution in [0.3, 0.4) is 0 Å². The lowest BCUT2D eigenvalue weighted by Crippen LogP contribution is -2.51. The van der Waals surface area contributed by atoms with Gasteiger partial charge in [-0.05, 0) is 92.9 Å². The number of benzene rings is 1. The Morgan fingerprint density at radius 3 is 2.33 bits per heavy atom. The molecule has 10 heteroatoms. The summed E-state index contributed by atoms with van der Waals surface area (Å²) in [4.78, 5) is 19.5. The summed E-state index contributed by atoms with van der Waals surface area (Å²) in [7, 11) is -1.64. The van der Waals surface area contributed by atoms with Gasteiger partial charge in [0.05, 0.1) is 5.75 Å². The molecule has 0 radical (unpaired) electrons. The van der Waals surface area contributed by atoms with Crippen LogP contribution in [0.1, 0.15) is 62.1 Å². The third-order valence-corrected chi connectivity index (χ3v) is 10.5. The van der Waals surface area contributed by atoms with Crippen molar-refractivity contribution in [1.29, 1.82) is 0 Å². The smallest absolute Gasteiger partial charge is 0.253 e. The minimum absolute atomic E-state index is 0.0349. The molecule has 1 amide bonds. The maximum absolute atomic E-state index is 13.2. The quantitative estimate of drug-likeness (QED) is 0.544. The largest absolute Gasteiger partial charge is 0.376 e. The molecule has 3 N–H and O–H groups in total. The predicted molar refractivity (Wildman–Crippen MR) is 149 cm³/mol. The zero-order valence-electron chi connectivity index (χ0n) is 21.8. The second-order valence-electron chi connectivity index (χ2n) is 10.9. The third kappa shape index (κ3) is 5.45. The number of rotatable bonds is 6. The fourth-order valence-electron chi connectivity index (χ4n) is 5.79. The summed E-state index contributed by atoms with van der Waals surface area (Å²) in [6.07, 6.45) is 5.75. The number of nitrogens with zero attached hydrogens (tertiary/aromatic N) is 3. The first kappa shape index (κ1) is 27.0. The van der Waals surface area contributed by atoms with Crippen molar-refractivity contribution in [3.8, 4) is 0 Å². The molecule has 2 heterocycles. The number of aryl methyl sites for hydroxylation is 2. The molecule has 4 rings (SSSR count). The Kier molecular flexibility index (Phi) is 7.78. The molecule has 0 bridgehead atoms. The first-order chi connectivity index (χ1) is 16.9. The number of thiocarbonyl (C=S) groups is 1. The minimum Gasteiger partial charge on any atom is -0.376 e. The highest BCUT2D eigenvalue weighted by Crippen LogP contribution is 2.36. The summed E-state index contributed by atoms with van der Waals surface area (Å²) in [5, 5.41) is 3.34. The summed E-state index contributed by atoms with van der Waals surface area (Å²) in [6.45, 7) is 6.89. The highest BCUT2D eigenvalue weighted by Gasteiger charge is 2.48. The number of amides is 1. The molecule has 0 unspecified atom stereocenters. The van der Waals surface area contributed by atoms with Crippen molar-refractivity contribution in [3.05, 3.63) is 28.8 Å². The Balaban J connectivity index is 1.39. The van der Waals surface area contributed by atoms with E-state index >= 15 is 0 Å². The number of amidine groups is 1. The van der Waals surface area contributed by atoms with Gasteiger partial charge in [-0.15, -0.1) is 0 Å². The van der Waals surface area contributed by atoms with Gasteiger partial charge in [0.2, 0.25) is 10.0 Å². The molecule has 1 aliphatic carbocycles. The summed E-state index contributed by atoms with van der Waals surface area (Å²) in [5.74, 6) is 1.87. The standard InChI is InChI=1S/C26H39N5O3S2/c1-17-5-7-20(8-6-17)23-28-24(32)26(29-23)10-12-31(13-11-26)36(33,34)14-9-22-18(2)15-21(16-19(22)3)30(4)25(27)35/h15-17,20H,5-14H2,1-4H3,(H2,27,35)(H,28,29,32). The van der Waals surface area contributed by atoms with Gasteiger partial charge in [-0.25, -0.2) is 12.7 Å². The Bertz CT molecular complexity index is 1140. The third-order valence-electron chi connectivity index (χ3n) is 8.35. The number of anilines is 1. The molecule has 0 aromatic heterocycles. The first-order valence-corrected chi connectivity index (χ1v) is 15.0. The van der Waals surface area contributed by atoms with E-state index in [2.05, 4.69) is 12.2 Å². The van der Waals surface area contributed by atoms with Crippen molar-refractivity contribution in [3.63, 3.8) is 0 Å². The summed E-state index contributed by atoms with van der Waals surface area (Å²) in [6, 6.07) is 3.97. The lowest BCUT2D eigenvalue weighted by Gasteiger charge is -2.34. The van der Waals surface area contributed by atoms with Gasteiger partial charge in [0, 0.05) is 31.7 Å². The van der Waals surface area contributed by atoms with Gasteiger partial charge in [-0.2, -0.15) is 0 Å². The molecule has 2 aliphatic heterocycles. The van der Waals surface area contributed by atoms with E-state index in [1.165, 1.54) is 0 Å². The van der Waals surface area contributed by atoms with Gasteiger partial charge in [0.1, 0.15) is 11.4 Å². The molecule has 1 aromatic rings. The monoisotopic (exact) mass is 533 g/mol. The molecule has 1 saturated carbocycles. The van der Waals surface area contributed by atoms with Crippen molar-refractivity contribution in [1.82, 2.24) is 9.62 Å². The van der Waals surface area contributed by atoms with Crippen LogP contribution in [0, 0.1) is 25.7 Å². The zero-order valence-corrected chi connectivity index (χ0v) is 23.5. The Hall–Kier alpha value is -2.04. The molecule has 1 saturated heterocycles. The number of piperidine rings is 1. The fourth-order valence-corrected chi connectivity index (χ4v) is 7.35. The van der Waals surface area contributed by atoms with Crippen molar-refractivity contribution in [2.45, 2.75) is 71.3 Å². The van der Waals surface area contributed by atoms with Crippen molar-refractivity contribution >= 4 is 44.8 Å². The van der Waals surface area contributed by atoms with E-state index in [4.69, 9.17) is 22.9 Å². The first-order valence-electron chi connectivity index (χ1n) is 12.9. The van der Waals surface area contributed by atoms with Crippen LogP contribution in [0.15, 0.2) is 17.1 Å². The summed E-state index contributed by atoms with van der Waals surface area (Å²) in [5.41, 5.74) is 8.89. The Morgan fingerprint density at radius 1 is 1.19 bits per heavy atom. The number of nitrogens with two attached hydrogens (primary N) is 1. The molecular weight excluding hydrogens is 494 g/mol. The summed E-state index contributed by atoms with van der Waals surface area (Å²) < 4.78 is 28.0. The fraction of sp³-hybridized carbons (Fsp3) is 0.654. The van der Waals surface area contributed by atoms with E-state index in [9.17, 15) is 13.2 Å². The molecule has 1 spiro atoms. The maximum Gasteiger partial charge on any atom is 0.253 e. The van der Waals surface area contributed by atoms with Gasteiger partial charge in [-0.3, -0.25) is 9.79 Å². The average molecular weight is 534 g/mol. The Morgan fingerprint density at radius 2 is 1.78 bits per heavy atom. The van der Waals surface area contributed by atoms with Gasteiger partial charge in [0.15, 0.2) is 5.11 Å². The van der Waals surface area contributed by atoms with Gasteiger partial charge in [0.25, 0.3) is 5.91 Å². The van der Waals surface area contributed by atoms with Crippen LogP contribution in [0.25, 0.3) is 0 Å². The second-order valence-corrected chi connectivity index (χ2v) is 13.4. The molecule has 1 aromatic carbocycles. The lowest BCUT2D eigenvalue weighted by molar-refractivity contribution is -0.125. The van der Waals surface area contributed by atoms with Crippen LogP contribution < -0.4 is 16.0 Å². The number of aliphatic imine (C=N–C) groups is 1. The molecule has 198 valence electrons. The van der Waals surface area contributed by atoms with Gasteiger partial charge < -0.3 is 16.0 Å². The van der Waals surface area contributed by atoms with E-state index in [1.807, 2.05) is 33.0 Å². The van der Waals surface area contributed by atoms with Crippen molar-refractivity contribution in [2.75, 3.05) is 30.8 Å². The number of carbonyl (C=O) groups is 1. The zero-order chi connectivity index (χ0) is 26.3. The highest BCUT2D eigenvalue weighted by molar-refractivity contribution is 7.89. The van der Waals surface area contributed by atoms with E-state index < -0.39 is 15.6 Å². The van der Waals surface area contributed by atoms with E-state index in [0.717, 1.165) is 59.8 Å². The normalized spacial score (nSPS) is 24.4. The highest BCUT2D eigenvalue weighted by atomic mass is 32.2. The van der Waals surface area contributed by atoms with Crippen LogP contribution in [0.4, 0.5) is 5.69 Å². The van der Waals surface area contributed by atoms with Gasteiger partial charge >= 0.3 is 0 Å². The van der Waals surface area contributed by atoms with Crippen LogP contribution in [-0.4, -0.2) is 61.0 Å². The molecule has 3 aliphatic rings. The maximum atomic E-state index is 13.2. The predicted octanol–water partition coefficient (Wildman–Crippen LogP) is 3.04. The molecule has 0 atom stereocenters. The van der Waals surface area contributed by atoms with Gasteiger partial charge in [-0.1, -0.05) is 19.8 Å². The number of carbonyl (C=O) groups excluding carboxylic acids is 1. The molecule has 36 heavy (non-hydrogen) atoms. The van der Waals surface area contributed by atoms with Crippen LogP contribution in [-0.2, 0) is 21.2 Å². The number of hydrogen-bond donors (Lipinski definition) is 2. The van der Waals surface area contributed by atoms with Crippen LogP contribution in [0.2, 0.25) is 0 Å². The average Bonchev–Trinajstić information content (AvgIpc) is 3.13. The minimum atomic E-state index is -3.46. The number of sulfonamides is 1. The van der Waals surface area contributed by atoms with Crippen LogP contribution in [0.5, 0.6) is 0 Å². The van der Waals surface area contributed by atoms with Crippen molar-refractivity contribution < 1.29 is 13.2 Å².